The van der Waals surface area contributed by atoms with Crippen molar-refractivity contribution in [2.24, 2.45) is 20.2 Å². The van der Waals surface area contributed by atoms with Gasteiger partial charge in [-0.25, -0.2) is 4.99 Å². The Hall–Kier alpha value is -1.04. The van der Waals surface area contributed by atoms with Crippen LogP contribution in [0.2, 0.25) is 0 Å². The average molecular weight is 158 g/mol. The van der Waals surface area contributed by atoms with Crippen LogP contribution in [0.5, 0.6) is 0 Å². The maximum atomic E-state index is 9.81. The number of hydrogen-bond acceptors (Lipinski definition) is 3. The zero-order valence-electron chi connectivity index (χ0n) is 5.14. The number of thiol groups is 1. The number of nitroso groups, excluding NO2 is 1. The van der Waals surface area contributed by atoms with Gasteiger partial charge in [0.15, 0.2) is 0 Å². The minimum Gasteiger partial charge on any atom is -0.253 e. The van der Waals surface area contributed by atoms with E-state index in [1.54, 1.807) is 0 Å². The van der Waals surface area contributed by atoms with Crippen LogP contribution in [-0.4, -0.2) is 24.9 Å². The summed E-state index contributed by atoms with van der Waals surface area (Å²) in [6, 6.07) is 0. The molecule has 0 saturated carbocycles. The van der Waals surface area contributed by atoms with Crippen LogP contribution in [-0.2, 0) is 0 Å². The van der Waals surface area contributed by atoms with Crippen LogP contribution >= 0.6 is 12.6 Å². The number of rotatable bonds is 2. The first-order valence-corrected chi connectivity index (χ1v) is 2.95. The molecule has 0 heterocycles. The molecule has 0 fully saturated rings. The lowest BCUT2D eigenvalue weighted by Gasteiger charge is -1.82. The highest BCUT2D eigenvalue weighted by molar-refractivity contribution is 7.80. The van der Waals surface area contributed by atoms with Crippen molar-refractivity contribution in [1.82, 2.24) is 0 Å². The van der Waals surface area contributed by atoms with E-state index < -0.39 is 0 Å². The summed E-state index contributed by atoms with van der Waals surface area (Å²) in [5.41, 5.74) is 0. The van der Waals surface area contributed by atoms with E-state index >= 15 is 0 Å². The molecule has 6 heteroatoms. The van der Waals surface area contributed by atoms with Crippen LogP contribution < -0.4 is 0 Å². The van der Waals surface area contributed by atoms with Gasteiger partial charge in [0.25, 0.3) is 5.96 Å². The van der Waals surface area contributed by atoms with Gasteiger partial charge in [-0.3, -0.25) is 4.99 Å². The average Bonchev–Trinajstić information content (AvgIpc) is 1.98. The lowest BCUT2D eigenvalue weighted by Crippen LogP contribution is -1.87. The SMILES string of the molecule is C=NC=NC(N=O)=NCS. The molecule has 0 amide bonds. The van der Waals surface area contributed by atoms with Crippen molar-refractivity contribution in [1.29, 1.82) is 0 Å². The Morgan fingerprint density at radius 1 is 1.70 bits per heavy atom. The molecule has 0 aliphatic rings. The van der Waals surface area contributed by atoms with Crippen molar-refractivity contribution in [2.45, 2.75) is 0 Å². The second kappa shape index (κ2) is 6.09. The van der Waals surface area contributed by atoms with Gasteiger partial charge in [0, 0.05) is 5.18 Å². The molecule has 0 aromatic carbocycles. The molecule has 0 bridgehead atoms. The molecule has 0 atom stereocenters. The summed E-state index contributed by atoms with van der Waals surface area (Å²) in [6.45, 7) is 3.11. The third-order valence-electron chi connectivity index (χ3n) is 0.549. The summed E-state index contributed by atoms with van der Waals surface area (Å²) in [4.78, 5) is 20.0. The van der Waals surface area contributed by atoms with Gasteiger partial charge in [0.2, 0.25) is 0 Å². The minimum absolute atomic E-state index is 0.176. The monoisotopic (exact) mass is 158 g/mol. The quantitative estimate of drug-likeness (QED) is 0.273. The van der Waals surface area contributed by atoms with E-state index in [1.807, 2.05) is 0 Å². The maximum absolute atomic E-state index is 9.81. The zero-order valence-corrected chi connectivity index (χ0v) is 6.03. The Labute approximate surface area is 63.4 Å². The summed E-state index contributed by atoms with van der Waals surface area (Å²) in [6.07, 6.45) is 1.09. The fourth-order valence-electron chi connectivity index (χ4n) is 0.249. The summed E-state index contributed by atoms with van der Waals surface area (Å²) >= 11 is 3.73. The minimum atomic E-state index is -0.178. The van der Waals surface area contributed by atoms with Gasteiger partial charge in [0.05, 0.1) is 5.88 Å². The van der Waals surface area contributed by atoms with E-state index in [0.29, 0.717) is 0 Å². The molecule has 0 rings (SSSR count). The Morgan fingerprint density at radius 3 is 2.80 bits per heavy atom. The number of guanidine groups is 1. The van der Waals surface area contributed by atoms with Crippen molar-refractivity contribution in [2.75, 3.05) is 5.88 Å². The van der Waals surface area contributed by atoms with E-state index in [1.165, 1.54) is 0 Å². The molecule has 0 unspecified atom stereocenters. The fraction of sp³-hybridized carbons (Fsp3) is 0.250. The van der Waals surface area contributed by atoms with Crippen LogP contribution in [0.4, 0.5) is 0 Å². The topological polar surface area (TPSA) is 66.5 Å². The van der Waals surface area contributed by atoms with Gasteiger partial charge in [-0.1, -0.05) is 0 Å². The van der Waals surface area contributed by atoms with E-state index in [4.69, 9.17) is 0 Å². The summed E-state index contributed by atoms with van der Waals surface area (Å²) in [5, 5.41) is 2.48. The van der Waals surface area contributed by atoms with Crippen molar-refractivity contribution in [3.05, 3.63) is 4.91 Å². The van der Waals surface area contributed by atoms with E-state index in [0.717, 1.165) is 6.34 Å². The third-order valence-corrected chi connectivity index (χ3v) is 0.690. The summed E-state index contributed by atoms with van der Waals surface area (Å²) < 4.78 is 0. The van der Waals surface area contributed by atoms with Gasteiger partial charge in [-0.2, -0.15) is 17.6 Å². The molecule has 0 aromatic rings. The Balaban J connectivity index is 4.07. The Kier molecular flexibility index (Phi) is 5.45. The standard InChI is InChI=1S/C4H6N4OS/c1-5-2-6-4(8-9)7-3-10/h2,10H,1,3H2. The number of nitrogens with zero attached hydrogens (tertiary/aromatic N) is 4. The van der Waals surface area contributed by atoms with E-state index in [2.05, 4.69) is 39.5 Å². The number of aliphatic imine (C=N–C) groups is 3. The predicted molar refractivity (Wildman–Crippen MR) is 45.1 cm³/mol. The van der Waals surface area contributed by atoms with E-state index in [-0.39, 0.29) is 11.8 Å². The molecule has 0 aromatic heterocycles. The second-order valence-electron chi connectivity index (χ2n) is 1.12. The zero-order chi connectivity index (χ0) is 7.82. The predicted octanol–water partition coefficient (Wildman–Crippen LogP) is 0.725. The molecule has 0 aliphatic carbocycles. The van der Waals surface area contributed by atoms with Crippen molar-refractivity contribution < 1.29 is 0 Å². The van der Waals surface area contributed by atoms with Gasteiger partial charge in [-0.15, -0.1) is 4.91 Å². The van der Waals surface area contributed by atoms with Crippen LogP contribution in [0.15, 0.2) is 20.2 Å². The molecule has 10 heavy (non-hydrogen) atoms. The second-order valence-corrected chi connectivity index (χ2v) is 1.40. The highest BCUT2D eigenvalue weighted by Gasteiger charge is 1.88. The highest BCUT2D eigenvalue weighted by atomic mass is 32.1. The molecular weight excluding hydrogens is 152 g/mol. The van der Waals surface area contributed by atoms with Crippen molar-refractivity contribution >= 4 is 31.6 Å². The third kappa shape index (κ3) is 3.90. The Morgan fingerprint density at radius 2 is 2.40 bits per heavy atom. The van der Waals surface area contributed by atoms with Crippen LogP contribution in [0, 0.1) is 4.91 Å². The molecule has 0 N–H and O–H groups in total. The van der Waals surface area contributed by atoms with Crippen LogP contribution in [0.25, 0.3) is 0 Å². The number of hydrogen-bond donors (Lipinski definition) is 1. The van der Waals surface area contributed by atoms with E-state index in [9.17, 15) is 4.91 Å². The lowest BCUT2D eigenvalue weighted by atomic mass is 11.0. The first kappa shape index (κ1) is 8.96. The van der Waals surface area contributed by atoms with Gasteiger partial charge < -0.3 is 0 Å². The first-order valence-electron chi connectivity index (χ1n) is 2.32. The van der Waals surface area contributed by atoms with Gasteiger partial charge >= 0.3 is 0 Å². The van der Waals surface area contributed by atoms with Gasteiger partial charge in [0.1, 0.15) is 6.34 Å². The van der Waals surface area contributed by atoms with Crippen LogP contribution in [0.1, 0.15) is 0 Å². The summed E-state index contributed by atoms with van der Waals surface area (Å²) in [5.74, 6) is -0.00219. The van der Waals surface area contributed by atoms with Gasteiger partial charge in [-0.05, 0) is 6.72 Å². The lowest BCUT2D eigenvalue weighted by molar-refractivity contribution is 1.31. The molecule has 0 aliphatic heterocycles. The fourth-order valence-corrected chi connectivity index (χ4v) is 0.375. The Bertz CT molecular complexity index is 176. The molecule has 54 valence electrons. The molecule has 0 spiro atoms. The highest BCUT2D eigenvalue weighted by Crippen LogP contribution is 1.84. The first-order chi connectivity index (χ1) is 4.85. The molecule has 0 radical (unpaired) electrons. The summed E-state index contributed by atoms with van der Waals surface area (Å²) in [7, 11) is 0. The smallest absolute Gasteiger partial charge is 0.253 e. The molecule has 0 saturated heterocycles. The molecular formula is C4H6N4OS. The molecule has 5 nitrogen and oxygen atoms in total. The van der Waals surface area contributed by atoms with Crippen molar-refractivity contribution in [3.8, 4) is 0 Å². The normalized spacial score (nSPS) is 11.9. The van der Waals surface area contributed by atoms with Crippen molar-refractivity contribution in [3.63, 3.8) is 0 Å². The maximum Gasteiger partial charge on any atom is 0.288 e. The van der Waals surface area contributed by atoms with Crippen LogP contribution in [0.3, 0.4) is 0 Å². The largest absolute Gasteiger partial charge is 0.288 e.